The van der Waals surface area contributed by atoms with E-state index in [0.29, 0.717) is 6.54 Å². The van der Waals surface area contributed by atoms with Gasteiger partial charge in [0.2, 0.25) is 0 Å². The van der Waals surface area contributed by atoms with Crippen molar-refractivity contribution in [3.05, 3.63) is 53.9 Å². The largest absolute Gasteiger partial charge is 0.364 e. The fourth-order valence-electron chi connectivity index (χ4n) is 1.29. The van der Waals surface area contributed by atoms with Crippen LogP contribution in [0.25, 0.3) is 0 Å². The molecule has 0 aliphatic heterocycles. The lowest BCUT2D eigenvalue weighted by atomic mass is 10.2. The summed E-state index contributed by atoms with van der Waals surface area (Å²) >= 11 is 0. The summed E-state index contributed by atoms with van der Waals surface area (Å²) in [7, 11) is 0. The molecule has 1 radical (unpaired) electrons. The van der Waals surface area contributed by atoms with Gasteiger partial charge in [-0.2, -0.15) is 5.10 Å². The van der Waals surface area contributed by atoms with Crippen LogP contribution in [0.5, 0.6) is 0 Å². The summed E-state index contributed by atoms with van der Waals surface area (Å²) in [4.78, 5) is 10.8. The number of carbonyl (C=O) groups is 1. The molecule has 75 valence electrons. The van der Waals surface area contributed by atoms with E-state index in [1.165, 1.54) is 0 Å². The van der Waals surface area contributed by atoms with Gasteiger partial charge in [0.05, 0.1) is 6.54 Å². The van der Waals surface area contributed by atoms with Crippen molar-refractivity contribution < 1.29 is 4.79 Å². The number of primary amides is 1. The summed E-state index contributed by atoms with van der Waals surface area (Å²) in [6, 6.07) is 12.5. The number of nitrogens with two attached hydrogens (primary N) is 1. The molecule has 0 atom stereocenters. The molecule has 0 aliphatic rings. The molecule has 2 N–H and O–H groups in total. The first-order valence-electron chi connectivity index (χ1n) is 4.54. The molecule has 1 heterocycles. The van der Waals surface area contributed by atoms with Crippen LogP contribution in [0.4, 0.5) is 0 Å². The lowest BCUT2D eigenvalue weighted by Gasteiger charge is -2.00. The maximum absolute atomic E-state index is 10.8. The van der Waals surface area contributed by atoms with Crippen molar-refractivity contribution in [1.82, 2.24) is 9.78 Å². The molecule has 0 bridgehead atoms. The second kappa shape index (κ2) is 3.96. The molecule has 15 heavy (non-hydrogen) atoms. The summed E-state index contributed by atoms with van der Waals surface area (Å²) in [5, 5.41) is 3.99. The Morgan fingerprint density at radius 1 is 1.40 bits per heavy atom. The van der Waals surface area contributed by atoms with Crippen LogP contribution in [0, 0.1) is 6.07 Å². The quantitative estimate of drug-likeness (QED) is 0.797. The molecule has 2 aromatic rings. The summed E-state index contributed by atoms with van der Waals surface area (Å²) in [5.41, 5.74) is 6.36. The molecule has 4 heteroatoms. The van der Waals surface area contributed by atoms with Gasteiger partial charge < -0.3 is 5.73 Å². The zero-order valence-electron chi connectivity index (χ0n) is 8.05. The smallest absolute Gasteiger partial charge is 0.269 e. The molecule has 0 saturated carbocycles. The zero-order chi connectivity index (χ0) is 10.7. The molecule has 0 spiro atoms. The number of benzene rings is 1. The normalized spacial score (nSPS) is 10.1. The maximum Gasteiger partial charge on any atom is 0.269 e. The van der Waals surface area contributed by atoms with Crippen LogP contribution in [0.15, 0.2) is 36.5 Å². The molecule has 2 rings (SSSR count). The lowest BCUT2D eigenvalue weighted by Crippen LogP contribution is -2.12. The Kier molecular flexibility index (Phi) is 2.49. The van der Waals surface area contributed by atoms with Crippen LogP contribution >= 0.6 is 0 Å². The first-order chi connectivity index (χ1) is 7.25. The van der Waals surface area contributed by atoms with Gasteiger partial charge in [-0.1, -0.05) is 30.3 Å². The molecular weight excluding hydrogens is 190 g/mol. The average molecular weight is 200 g/mol. The van der Waals surface area contributed by atoms with Crippen LogP contribution in [-0.4, -0.2) is 15.7 Å². The zero-order valence-corrected chi connectivity index (χ0v) is 8.05. The molecule has 0 aliphatic carbocycles. The minimum Gasteiger partial charge on any atom is -0.364 e. The highest BCUT2D eigenvalue weighted by atomic mass is 16.1. The van der Waals surface area contributed by atoms with Gasteiger partial charge in [0.1, 0.15) is 0 Å². The van der Waals surface area contributed by atoms with E-state index in [2.05, 4.69) is 11.2 Å². The molecule has 1 aromatic carbocycles. The monoisotopic (exact) mass is 200 g/mol. The Labute approximate surface area is 87.3 Å². The SMILES string of the molecule is NC(=O)c1[c]cn(Cc2ccccc2)n1. The van der Waals surface area contributed by atoms with E-state index in [-0.39, 0.29) is 5.69 Å². The highest BCUT2D eigenvalue weighted by Crippen LogP contribution is 2.02. The van der Waals surface area contributed by atoms with Gasteiger partial charge in [0, 0.05) is 12.3 Å². The third-order valence-electron chi connectivity index (χ3n) is 2.00. The van der Waals surface area contributed by atoms with Crippen molar-refractivity contribution in [1.29, 1.82) is 0 Å². The average Bonchev–Trinajstić information content (AvgIpc) is 2.68. The van der Waals surface area contributed by atoms with E-state index in [1.807, 2.05) is 30.3 Å². The Morgan fingerprint density at radius 3 is 2.73 bits per heavy atom. The van der Waals surface area contributed by atoms with Crippen LogP contribution < -0.4 is 5.73 Å². The van der Waals surface area contributed by atoms with Crippen molar-refractivity contribution in [3.63, 3.8) is 0 Å². The Bertz CT molecular complexity index is 462. The van der Waals surface area contributed by atoms with Gasteiger partial charge in [-0.25, -0.2) is 0 Å². The standard InChI is InChI=1S/C11H10N3O/c12-11(15)10-6-7-14(13-10)8-9-4-2-1-3-5-9/h1-5,7H,8H2,(H2,12,15). The predicted molar refractivity (Wildman–Crippen MR) is 55.1 cm³/mol. The minimum absolute atomic E-state index is 0.172. The van der Waals surface area contributed by atoms with E-state index < -0.39 is 5.91 Å². The van der Waals surface area contributed by atoms with Gasteiger partial charge in [-0.05, 0) is 5.56 Å². The molecule has 4 nitrogen and oxygen atoms in total. The third-order valence-corrected chi connectivity index (χ3v) is 2.00. The third kappa shape index (κ3) is 2.22. The first-order valence-corrected chi connectivity index (χ1v) is 4.54. The molecule has 0 saturated heterocycles. The summed E-state index contributed by atoms with van der Waals surface area (Å²) in [6.07, 6.45) is 1.62. The molecule has 0 fully saturated rings. The second-order valence-electron chi connectivity index (χ2n) is 3.17. The van der Waals surface area contributed by atoms with Crippen LogP contribution in [0.1, 0.15) is 16.1 Å². The number of aromatic nitrogens is 2. The maximum atomic E-state index is 10.8. The second-order valence-corrected chi connectivity index (χ2v) is 3.17. The van der Waals surface area contributed by atoms with E-state index >= 15 is 0 Å². The molecule has 1 aromatic heterocycles. The summed E-state index contributed by atoms with van der Waals surface area (Å²) in [5.74, 6) is -0.554. The van der Waals surface area contributed by atoms with Crippen LogP contribution in [0.2, 0.25) is 0 Å². The van der Waals surface area contributed by atoms with Gasteiger partial charge in [-0.3, -0.25) is 9.48 Å². The highest BCUT2D eigenvalue weighted by molar-refractivity contribution is 5.90. The van der Waals surface area contributed by atoms with E-state index in [1.54, 1.807) is 10.9 Å². The Balaban J connectivity index is 2.15. The van der Waals surface area contributed by atoms with Gasteiger partial charge in [-0.15, -0.1) is 0 Å². The van der Waals surface area contributed by atoms with Crippen molar-refractivity contribution in [2.75, 3.05) is 0 Å². The lowest BCUT2D eigenvalue weighted by molar-refractivity contribution is 0.0994. The Morgan fingerprint density at radius 2 is 2.13 bits per heavy atom. The van der Waals surface area contributed by atoms with Crippen LogP contribution in [0.3, 0.4) is 0 Å². The van der Waals surface area contributed by atoms with Gasteiger partial charge >= 0.3 is 0 Å². The van der Waals surface area contributed by atoms with Crippen molar-refractivity contribution in [2.24, 2.45) is 5.73 Å². The fourth-order valence-corrected chi connectivity index (χ4v) is 1.29. The first kappa shape index (κ1) is 9.45. The Hall–Kier alpha value is -2.10. The van der Waals surface area contributed by atoms with Crippen molar-refractivity contribution in [2.45, 2.75) is 6.54 Å². The van der Waals surface area contributed by atoms with E-state index in [0.717, 1.165) is 5.56 Å². The number of carbonyl (C=O) groups excluding carboxylic acids is 1. The molecule has 0 unspecified atom stereocenters. The topological polar surface area (TPSA) is 60.9 Å². The number of rotatable bonds is 3. The van der Waals surface area contributed by atoms with Crippen molar-refractivity contribution in [3.8, 4) is 0 Å². The summed E-state index contributed by atoms with van der Waals surface area (Å²) in [6.45, 7) is 0.616. The van der Waals surface area contributed by atoms with E-state index in [4.69, 9.17) is 5.73 Å². The molecular formula is C11H10N3O. The predicted octanol–water partition coefficient (Wildman–Crippen LogP) is 0.830. The molecule has 1 amide bonds. The number of amides is 1. The number of hydrogen-bond acceptors (Lipinski definition) is 2. The van der Waals surface area contributed by atoms with Crippen molar-refractivity contribution >= 4 is 5.91 Å². The highest BCUT2D eigenvalue weighted by Gasteiger charge is 2.04. The van der Waals surface area contributed by atoms with Crippen LogP contribution in [-0.2, 0) is 6.54 Å². The van der Waals surface area contributed by atoms with Gasteiger partial charge in [0.25, 0.3) is 5.91 Å². The minimum atomic E-state index is -0.554. The number of nitrogens with zero attached hydrogens (tertiary/aromatic N) is 2. The summed E-state index contributed by atoms with van der Waals surface area (Å²) < 4.78 is 1.63. The fraction of sp³-hybridized carbons (Fsp3) is 0.0909. The van der Waals surface area contributed by atoms with Gasteiger partial charge in [0.15, 0.2) is 5.69 Å². The van der Waals surface area contributed by atoms with E-state index in [9.17, 15) is 4.79 Å². The number of hydrogen-bond donors (Lipinski definition) is 1.